The first-order chi connectivity index (χ1) is 17.0. The third-order valence-electron chi connectivity index (χ3n) is 6.97. The number of carbonyl (C=O) groups is 2. The van der Waals surface area contributed by atoms with Crippen LogP contribution < -0.4 is 5.32 Å². The number of hydrogen-bond donors (Lipinski definition) is 1. The molecule has 3 aromatic carbocycles. The van der Waals surface area contributed by atoms with Gasteiger partial charge in [-0.15, -0.1) is 0 Å². The van der Waals surface area contributed by atoms with Crippen molar-refractivity contribution in [3.63, 3.8) is 0 Å². The highest BCUT2D eigenvalue weighted by molar-refractivity contribution is 6.36. The van der Waals surface area contributed by atoms with Gasteiger partial charge in [-0.05, 0) is 54.2 Å². The number of hydrogen-bond acceptors (Lipinski definition) is 2. The van der Waals surface area contributed by atoms with Crippen LogP contribution in [0.25, 0.3) is 10.8 Å². The summed E-state index contributed by atoms with van der Waals surface area (Å²) in [4.78, 5) is 28.7. The molecule has 1 atom stereocenters. The van der Waals surface area contributed by atoms with Crippen molar-refractivity contribution in [2.24, 2.45) is 0 Å². The second-order valence-electron chi connectivity index (χ2n) is 9.27. The molecule has 1 aliphatic carbocycles. The summed E-state index contributed by atoms with van der Waals surface area (Å²) >= 11 is 12.9. The van der Waals surface area contributed by atoms with E-state index in [1.165, 1.54) is 0 Å². The van der Waals surface area contributed by atoms with E-state index in [-0.39, 0.29) is 24.4 Å². The van der Waals surface area contributed by atoms with Crippen LogP contribution in [0.4, 0.5) is 0 Å². The Bertz CT molecular complexity index is 1160. The fourth-order valence-corrected chi connectivity index (χ4v) is 5.55. The normalized spacial score (nSPS) is 14.7. The van der Waals surface area contributed by atoms with Crippen LogP contribution in [0.1, 0.15) is 56.6 Å². The van der Waals surface area contributed by atoms with Gasteiger partial charge in [-0.3, -0.25) is 9.59 Å². The van der Waals surface area contributed by atoms with Gasteiger partial charge in [-0.25, -0.2) is 0 Å². The number of benzene rings is 3. The number of fused-ring (bicyclic) bond motifs is 1. The van der Waals surface area contributed by atoms with Gasteiger partial charge in [0.05, 0.1) is 0 Å². The summed E-state index contributed by atoms with van der Waals surface area (Å²) in [5.41, 5.74) is 1.79. The van der Waals surface area contributed by atoms with Crippen LogP contribution in [0.3, 0.4) is 0 Å². The van der Waals surface area contributed by atoms with E-state index in [9.17, 15) is 9.59 Å². The Hall–Kier alpha value is -2.56. The molecule has 0 aliphatic heterocycles. The van der Waals surface area contributed by atoms with Crippen molar-refractivity contribution in [2.75, 3.05) is 0 Å². The maximum atomic E-state index is 13.7. The largest absolute Gasteiger partial charge is 0.352 e. The molecule has 2 amide bonds. The van der Waals surface area contributed by atoms with Gasteiger partial charge in [-0.2, -0.15) is 0 Å². The quantitative estimate of drug-likeness (QED) is 0.338. The van der Waals surface area contributed by atoms with Crippen molar-refractivity contribution >= 4 is 45.8 Å². The molecule has 4 nitrogen and oxygen atoms in total. The number of halogens is 2. The molecule has 3 aromatic rings. The molecule has 35 heavy (non-hydrogen) atoms. The molecular weight excluding hydrogens is 479 g/mol. The molecule has 1 fully saturated rings. The van der Waals surface area contributed by atoms with Gasteiger partial charge in [0.25, 0.3) is 0 Å². The van der Waals surface area contributed by atoms with Gasteiger partial charge >= 0.3 is 0 Å². The summed E-state index contributed by atoms with van der Waals surface area (Å²) < 4.78 is 0. The Balaban J connectivity index is 1.57. The molecule has 1 aliphatic rings. The van der Waals surface area contributed by atoms with Gasteiger partial charge in [0.2, 0.25) is 11.8 Å². The highest BCUT2D eigenvalue weighted by Crippen LogP contribution is 2.28. The van der Waals surface area contributed by atoms with E-state index in [4.69, 9.17) is 23.2 Å². The zero-order valence-electron chi connectivity index (χ0n) is 20.1. The first-order valence-electron chi connectivity index (χ1n) is 12.5. The Kier molecular flexibility index (Phi) is 8.69. The lowest BCUT2D eigenvalue weighted by Gasteiger charge is -2.32. The minimum atomic E-state index is -0.581. The fourth-order valence-electron chi connectivity index (χ4n) is 5.04. The molecule has 0 aromatic heterocycles. The fraction of sp³-hybridized carbons (Fsp3) is 0.379. The molecule has 0 bridgehead atoms. The summed E-state index contributed by atoms with van der Waals surface area (Å²) in [6, 6.07) is 19.3. The molecule has 1 saturated carbocycles. The average molecular weight is 511 g/mol. The van der Waals surface area contributed by atoms with Crippen molar-refractivity contribution in [1.82, 2.24) is 10.2 Å². The predicted octanol–water partition coefficient (Wildman–Crippen LogP) is 6.95. The molecule has 0 saturated heterocycles. The molecule has 184 valence electrons. The molecule has 0 heterocycles. The number of amides is 2. The average Bonchev–Trinajstić information content (AvgIpc) is 3.37. The molecule has 0 radical (unpaired) electrons. The second kappa shape index (κ2) is 11.9. The first-order valence-corrected chi connectivity index (χ1v) is 13.2. The molecule has 4 rings (SSSR count). The highest BCUT2D eigenvalue weighted by atomic mass is 35.5. The molecule has 1 N–H and O–H groups in total. The Morgan fingerprint density at radius 3 is 2.34 bits per heavy atom. The Morgan fingerprint density at radius 2 is 1.63 bits per heavy atom. The molecular formula is C29H32Cl2N2O2. The molecule has 6 heteroatoms. The summed E-state index contributed by atoms with van der Waals surface area (Å²) in [5, 5.41) is 6.47. The maximum absolute atomic E-state index is 13.7. The van der Waals surface area contributed by atoms with Gasteiger partial charge < -0.3 is 10.2 Å². The van der Waals surface area contributed by atoms with Crippen LogP contribution >= 0.6 is 23.2 Å². The van der Waals surface area contributed by atoms with E-state index in [1.54, 1.807) is 23.1 Å². The second-order valence-corrected chi connectivity index (χ2v) is 10.1. The van der Waals surface area contributed by atoms with Crippen molar-refractivity contribution in [3.05, 3.63) is 81.8 Å². The Morgan fingerprint density at radius 1 is 0.971 bits per heavy atom. The van der Waals surface area contributed by atoms with Crippen LogP contribution in [0, 0.1) is 0 Å². The van der Waals surface area contributed by atoms with Crippen molar-refractivity contribution in [1.29, 1.82) is 0 Å². The van der Waals surface area contributed by atoms with E-state index < -0.39 is 6.04 Å². The van der Waals surface area contributed by atoms with E-state index in [0.717, 1.165) is 42.0 Å². The van der Waals surface area contributed by atoms with Crippen LogP contribution in [-0.2, 0) is 22.6 Å². The summed E-state index contributed by atoms with van der Waals surface area (Å²) in [6.45, 7) is 2.14. The van der Waals surface area contributed by atoms with Crippen LogP contribution in [0.5, 0.6) is 0 Å². The smallest absolute Gasteiger partial charge is 0.243 e. The van der Waals surface area contributed by atoms with Crippen molar-refractivity contribution in [2.45, 2.75) is 70.5 Å². The van der Waals surface area contributed by atoms with Gasteiger partial charge in [0, 0.05) is 34.6 Å². The third-order valence-corrected chi connectivity index (χ3v) is 7.67. The summed E-state index contributed by atoms with van der Waals surface area (Å²) in [5.74, 6) is -0.177. The number of nitrogens with zero attached hydrogens (tertiary/aromatic N) is 1. The standard InChI is InChI=1S/C29H32Cl2N2O2/c1-2-27(29(35)32-22-12-4-5-13-22)33(19-24-25(30)15-8-16-26(24)31)28(34)18-17-21-11-7-10-20-9-3-6-14-23(20)21/h3,6-11,14-16,22,27H,2,4-5,12-13,17-19H2,1H3,(H,32,35). The monoisotopic (exact) mass is 510 g/mol. The lowest BCUT2D eigenvalue weighted by molar-refractivity contribution is -0.141. The summed E-state index contributed by atoms with van der Waals surface area (Å²) in [6.07, 6.45) is 5.65. The van der Waals surface area contributed by atoms with E-state index >= 15 is 0 Å². The SMILES string of the molecule is CCC(C(=O)NC1CCCC1)N(Cc1c(Cl)cccc1Cl)C(=O)CCc1cccc2ccccc12. The van der Waals surface area contributed by atoms with E-state index in [1.807, 2.05) is 25.1 Å². The van der Waals surface area contributed by atoms with Gasteiger partial charge in [0.15, 0.2) is 0 Å². The zero-order chi connectivity index (χ0) is 24.8. The maximum Gasteiger partial charge on any atom is 0.243 e. The van der Waals surface area contributed by atoms with Gasteiger partial charge in [0.1, 0.15) is 6.04 Å². The minimum Gasteiger partial charge on any atom is -0.352 e. The first kappa shape index (κ1) is 25.5. The third kappa shape index (κ3) is 6.17. The van der Waals surface area contributed by atoms with Crippen LogP contribution in [0.2, 0.25) is 10.0 Å². The lowest BCUT2D eigenvalue weighted by atomic mass is 10.00. The highest BCUT2D eigenvalue weighted by Gasteiger charge is 2.31. The number of carbonyl (C=O) groups excluding carboxylic acids is 2. The molecule has 0 spiro atoms. The van der Waals surface area contributed by atoms with E-state index in [0.29, 0.717) is 34.9 Å². The number of rotatable bonds is 9. The van der Waals surface area contributed by atoms with Crippen LogP contribution in [0.15, 0.2) is 60.7 Å². The zero-order valence-corrected chi connectivity index (χ0v) is 21.6. The Labute approximate surface area is 217 Å². The van der Waals surface area contributed by atoms with Gasteiger partial charge in [-0.1, -0.05) is 91.5 Å². The van der Waals surface area contributed by atoms with Crippen molar-refractivity contribution in [3.8, 4) is 0 Å². The number of nitrogens with one attached hydrogen (secondary N) is 1. The predicted molar refractivity (Wildman–Crippen MR) is 144 cm³/mol. The van der Waals surface area contributed by atoms with Crippen molar-refractivity contribution < 1.29 is 9.59 Å². The molecule has 1 unspecified atom stereocenters. The number of aryl methyl sites for hydroxylation is 1. The van der Waals surface area contributed by atoms with Crippen LogP contribution in [-0.4, -0.2) is 28.8 Å². The lowest BCUT2D eigenvalue weighted by Crippen LogP contribution is -2.51. The van der Waals surface area contributed by atoms with E-state index in [2.05, 4.69) is 29.6 Å². The summed E-state index contributed by atoms with van der Waals surface area (Å²) in [7, 11) is 0. The topological polar surface area (TPSA) is 49.4 Å². The minimum absolute atomic E-state index is 0.0812.